The van der Waals surface area contributed by atoms with Crippen LogP contribution in [0.2, 0.25) is 0 Å². The molecule has 3 heterocycles. The van der Waals surface area contributed by atoms with Crippen LogP contribution in [0.1, 0.15) is 47.7 Å². The summed E-state index contributed by atoms with van der Waals surface area (Å²) in [6, 6.07) is 4.68. The first-order chi connectivity index (χ1) is 14.7. The van der Waals surface area contributed by atoms with Gasteiger partial charge in [0, 0.05) is 24.0 Å². The smallest absolute Gasteiger partial charge is 0.433 e. The fourth-order valence-corrected chi connectivity index (χ4v) is 3.68. The number of hydrogen-bond acceptors (Lipinski definition) is 6. The molecule has 0 aliphatic carbocycles. The number of alkyl halides is 3. The summed E-state index contributed by atoms with van der Waals surface area (Å²) in [7, 11) is 1.35. The van der Waals surface area contributed by atoms with Gasteiger partial charge >= 0.3 is 6.18 Å². The number of oxazole rings is 1. The van der Waals surface area contributed by atoms with Crippen molar-refractivity contribution in [2.24, 2.45) is 5.73 Å². The number of nitrogens with two attached hydrogens (primary N) is 1. The molecule has 1 saturated heterocycles. The van der Waals surface area contributed by atoms with Crippen molar-refractivity contribution in [2.45, 2.75) is 32.0 Å². The van der Waals surface area contributed by atoms with Gasteiger partial charge in [-0.2, -0.15) is 13.2 Å². The summed E-state index contributed by atoms with van der Waals surface area (Å²) in [4.78, 5) is 22.8. The third kappa shape index (κ3) is 3.83. The maximum absolute atomic E-state index is 13.2. The van der Waals surface area contributed by atoms with Crippen molar-refractivity contribution in [3.63, 3.8) is 0 Å². The molecule has 0 spiro atoms. The summed E-state index contributed by atoms with van der Waals surface area (Å²) in [5.41, 5.74) is 5.49. The Morgan fingerprint density at radius 2 is 1.90 bits per heavy atom. The van der Waals surface area contributed by atoms with Gasteiger partial charge in [-0.05, 0) is 44.0 Å². The van der Waals surface area contributed by atoms with Crippen LogP contribution in [0, 0.1) is 0 Å². The molecule has 10 heteroatoms. The molecule has 1 fully saturated rings. The molecule has 0 bridgehead atoms. The maximum atomic E-state index is 13.2. The lowest BCUT2D eigenvalue weighted by molar-refractivity contribution is -0.140. The van der Waals surface area contributed by atoms with Crippen LogP contribution >= 0.6 is 0 Å². The summed E-state index contributed by atoms with van der Waals surface area (Å²) in [6.07, 6.45) is -2.77. The van der Waals surface area contributed by atoms with Crippen molar-refractivity contribution in [3.05, 3.63) is 41.4 Å². The molecule has 31 heavy (non-hydrogen) atoms. The second-order valence-electron chi connectivity index (χ2n) is 7.43. The lowest BCUT2D eigenvalue weighted by atomic mass is 10.1. The molecule has 164 valence electrons. The van der Waals surface area contributed by atoms with Gasteiger partial charge in [0.05, 0.1) is 13.2 Å². The molecule has 1 aliphatic rings. The van der Waals surface area contributed by atoms with E-state index in [1.165, 1.54) is 19.2 Å². The molecule has 1 aromatic carbocycles. The van der Waals surface area contributed by atoms with E-state index in [4.69, 9.17) is 14.9 Å². The average Bonchev–Trinajstić information content (AvgIpc) is 3.41. The van der Waals surface area contributed by atoms with Crippen LogP contribution in [-0.4, -0.2) is 41.0 Å². The van der Waals surface area contributed by atoms with E-state index in [0.717, 1.165) is 18.9 Å². The van der Waals surface area contributed by atoms with E-state index in [1.54, 1.807) is 17.9 Å². The number of carbonyl (C=O) groups is 1. The minimum atomic E-state index is -4.60. The Kier molecular flexibility index (Phi) is 5.34. The zero-order chi connectivity index (χ0) is 22.3. The highest BCUT2D eigenvalue weighted by molar-refractivity contribution is 5.98. The van der Waals surface area contributed by atoms with Crippen LogP contribution in [0.4, 0.5) is 13.2 Å². The highest BCUT2D eigenvalue weighted by atomic mass is 19.4. The summed E-state index contributed by atoms with van der Waals surface area (Å²) in [6.45, 7) is 2.94. The van der Waals surface area contributed by atoms with Gasteiger partial charge < -0.3 is 19.8 Å². The molecule has 7 nitrogen and oxygen atoms in total. The van der Waals surface area contributed by atoms with Crippen LogP contribution < -0.4 is 10.5 Å². The molecule has 1 aliphatic heterocycles. The Bertz CT molecular complexity index is 1130. The van der Waals surface area contributed by atoms with E-state index in [-0.39, 0.29) is 34.5 Å². The number of likely N-dealkylation sites (tertiary alicyclic amines) is 1. The summed E-state index contributed by atoms with van der Waals surface area (Å²) >= 11 is 0. The van der Waals surface area contributed by atoms with Crippen molar-refractivity contribution >= 4 is 16.8 Å². The number of aromatic nitrogens is 2. The van der Waals surface area contributed by atoms with Gasteiger partial charge in [-0.1, -0.05) is 0 Å². The number of carbonyl (C=O) groups excluding carboxylic acids is 1. The molecule has 1 atom stereocenters. The van der Waals surface area contributed by atoms with E-state index in [9.17, 15) is 18.0 Å². The van der Waals surface area contributed by atoms with E-state index >= 15 is 0 Å². The molecular weight excluding hydrogens is 413 g/mol. The van der Waals surface area contributed by atoms with Gasteiger partial charge in [0.1, 0.15) is 17.0 Å². The quantitative estimate of drug-likeness (QED) is 0.662. The number of benzene rings is 1. The number of nitrogens with zero attached hydrogens (tertiary/aromatic N) is 3. The Morgan fingerprint density at radius 3 is 2.52 bits per heavy atom. The van der Waals surface area contributed by atoms with Crippen LogP contribution in [-0.2, 0) is 6.18 Å². The van der Waals surface area contributed by atoms with Crippen LogP contribution in [0.25, 0.3) is 22.4 Å². The molecule has 1 amide bonds. The van der Waals surface area contributed by atoms with Crippen LogP contribution in [0.3, 0.4) is 0 Å². The fourth-order valence-electron chi connectivity index (χ4n) is 3.68. The van der Waals surface area contributed by atoms with Gasteiger partial charge in [0.25, 0.3) is 5.91 Å². The van der Waals surface area contributed by atoms with Gasteiger partial charge in [-0.15, -0.1) is 0 Å². The van der Waals surface area contributed by atoms with E-state index < -0.39 is 17.9 Å². The average molecular weight is 434 g/mol. The normalized spacial score (nSPS) is 15.5. The molecule has 0 radical (unpaired) electrons. The minimum absolute atomic E-state index is 0.0165. The minimum Gasteiger partial charge on any atom is -0.494 e. The molecule has 0 unspecified atom stereocenters. The topological polar surface area (TPSA) is 94.5 Å². The lowest BCUT2D eigenvalue weighted by Crippen LogP contribution is -2.29. The molecule has 2 aromatic heterocycles. The fraction of sp³-hybridized carbons (Fsp3) is 0.381. The Balaban J connectivity index is 1.87. The lowest BCUT2D eigenvalue weighted by Gasteiger charge is -2.14. The number of ether oxygens (including phenoxy) is 1. The second kappa shape index (κ2) is 7.84. The number of amides is 1. The van der Waals surface area contributed by atoms with Gasteiger partial charge in [0.2, 0.25) is 5.89 Å². The van der Waals surface area contributed by atoms with E-state index in [1.807, 2.05) is 0 Å². The van der Waals surface area contributed by atoms with Crippen molar-refractivity contribution in [1.82, 2.24) is 14.9 Å². The first-order valence-corrected chi connectivity index (χ1v) is 9.81. The van der Waals surface area contributed by atoms with E-state index in [0.29, 0.717) is 24.0 Å². The van der Waals surface area contributed by atoms with Crippen molar-refractivity contribution < 1.29 is 27.1 Å². The van der Waals surface area contributed by atoms with Crippen molar-refractivity contribution in [3.8, 4) is 17.2 Å². The standard InChI is InChI=1S/C21H21F3N4O3/c1-11(25)18-17(20(29)28-9-3-4-10-28)27-19(31-18)13-5-7-14(30-2)16-12(13)6-8-15(26-16)21(22,23)24/h5-8,11H,3-4,9-10,25H2,1-2H3/t11-/m0/s1. The SMILES string of the molecule is COc1ccc(-c2nc(C(=O)N3CCCC3)c([C@H](C)N)o2)c2ccc(C(F)(F)F)nc12. The predicted octanol–water partition coefficient (Wildman–Crippen LogP) is 4.17. The Hall–Kier alpha value is -3.14. The van der Waals surface area contributed by atoms with Crippen LogP contribution in [0.5, 0.6) is 5.75 Å². The number of methoxy groups -OCH3 is 1. The molecule has 2 N–H and O–H groups in total. The monoisotopic (exact) mass is 434 g/mol. The maximum Gasteiger partial charge on any atom is 0.433 e. The number of rotatable bonds is 4. The van der Waals surface area contributed by atoms with Crippen molar-refractivity contribution in [2.75, 3.05) is 20.2 Å². The number of hydrogen-bond donors (Lipinski definition) is 1. The zero-order valence-corrected chi connectivity index (χ0v) is 17.0. The summed E-state index contributed by atoms with van der Waals surface area (Å²) < 4.78 is 50.5. The zero-order valence-electron chi connectivity index (χ0n) is 17.0. The first kappa shape index (κ1) is 21.1. The number of fused-ring (bicyclic) bond motifs is 1. The molecular formula is C21H21F3N4O3. The van der Waals surface area contributed by atoms with Gasteiger partial charge in [-0.25, -0.2) is 9.97 Å². The molecule has 4 rings (SSSR count). The van der Waals surface area contributed by atoms with E-state index in [2.05, 4.69) is 9.97 Å². The molecule has 3 aromatic rings. The largest absolute Gasteiger partial charge is 0.494 e. The second-order valence-corrected chi connectivity index (χ2v) is 7.43. The summed E-state index contributed by atoms with van der Waals surface area (Å²) in [5, 5.41) is 0.352. The highest BCUT2D eigenvalue weighted by Gasteiger charge is 2.33. The molecule has 0 saturated carbocycles. The van der Waals surface area contributed by atoms with Crippen LogP contribution in [0.15, 0.2) is 28.7 Å². The predicted molar refractivity (Wildman–Crippen MR) is 107 cm³/mol. The van der Waals surface area contributed by atoms with Gasteiger partial charge in [0.15, 0.2) is 11.5 Å². The van der Waals surface area contributed by atoms with Crippen molar-refractivity contribution in [1.29, 1.82) is 0 Å². The third-order valence-electron chi connectivity index (χ3n) is 5.22. The third-order valence-corrected chi connectivity index (χ3v) is 5.22. The van der Waals surface area contributed by atoms with Gasteiger partial charge in [-0.3, -0.25) is 4.79 Å². The number of halogens is 3. The Morgan fingerprint density at radius 1 is 1.19 bits per heavy atom. The summed E-state index contributed by atoms with van der Waals surface area (Å²) in [5.74, 6) is 0.229. The Labute approximate surface area is 176 Å². The number of pyridine rings is 1. The highest BCUT2D eigenvalue weighted by Crippen LogP contribution is 2.37. The first-order valence-electron chi connectivity index (χ1n) is 9.81.